The van der Waals surface area contributed by atoms with Crippen LogP contribution in [0.1, 0.15) is 10.5 Å². The number of H-pyrrole nitrogens is 1. The van der Waals surface area contributed by atoms with Crippen molar-refractivity contribution in [2.24, 2.45) is 0 Å². The molecular weight excluding hydrogens is 316 g/mol. The standard InChI is InChI=1S/C16H11ClN4O2/c1-2-16(23)19-11-4-9(3-10(17)5-11)13-6-12-14(7-18-13)20-21-15(12)8-22/h2-8H,1H2,(H,19,23)(H,20,21). The van der Waals surface area contributed by atoms with E-state index in [-0.39, 0.29) is 5.91 Å². The smallest absolute Gasteiger partial charge is 0.247 e. The van der Waals surface area contributed by atoms with Crippen LogP contribution < -0.4 is 5.32 Å². The van der Waals surface area contributed by atoms with E-state index in [0.29, 0.717) is 44.9 Å². The maximum atomic E-state index is 11.4. The first-order valence-electron chi connectivity index (χ1n) is 6.64. The molecule has 7 heteroatoms. The number of nitrogens with one attached hydrogen (secondary N) is 2. The topological polar surface area (TPSA) is 87.7 Å². The van der Waals surface area contributed by atoms with E-state index < -0.39 is 0 Å². The summed E-state index contributed by atoms with van der Waals surface area (Å²) in [4.78, 5) is 26.8. The lowest BCUT2D eigenvalue weighted by atomic mass is 10.1. The van der Waals surface area contributed by atoms with Gasteiger partial charge in [0, 0.05) is 21.7 Å². The number of nitrogens with zero attached hydrogens (tertiary/aromatic N) is 2. The Morgan fingerprint density at radius 3 is 2.87 bits per heavy atom. The summed E-state index contributed by atoms with van der Waals surface area (Å²) in [6, 6.07) is 6.83. The Morgan fingerprint density at radius 2 is 2.13 bits per heavy atom. The van der Waals surface area contributed by atoms with E-state index in [1.165, 1.54) is 6.08 Å². The van der Waals surface area contributed by atoms with Crippen LogP contribution in [0.5, 0.6) is 0 Å². The monoisotopic (exact) mass is 326 g/mol. The maximum absolute atomic E-state index is 11.4. The summed E-state index contributed by atoms with van der Waals surface area (Å²) in [6.45, 7) is 3.41. The molecule has 2 heterocycles. The lowest BCUT2D eigenvalue weighted by molar-refractivity contribution is -0.111. The van der Waals surface area contributed by atoms with Crippen LogP contribution in [-0.2, 0) is 4.79 Å². The number of carbonyl (C=O) groups excluding carboxylic acids is 2. The average Bonchev–Trinajstić information content (AvgIpc) is 2.96. The Morgan fingerprint density at radius 1 is 1.30 bits per heavy atom. The zero-order valence-corrected chi connectivity index (χ0v) is 12.6. The van der Waals surface area contributed by atoms with Crippen LogP contribution in [-0.4, -0.2) is 27.4 Å². The minimum Gasteiger partial charge on any atom is -0.322 e. The minimum absolute atomic E-state index is 0.334. The van der Waals surface area contributed by atoms with Crippen molar-refractivity contribution < 1.29 is 9.59 Å². The number of aromatic amines is 1. The van der Waals surface area contributed by atoms with Crippen molar-refractivity contribution in [2.45, 2.75) is 0 Å². The first-order valence-corrected chi connectivity index (χ1v) is 7.02. The molecule has 0 aliphatic rings. The van der Waals surface area contributed by atoms with Crippen molar-refractivity contribution in [3.8, 4) is 11.3 Å². The largest absolute Gasteiger partial charge is 0.322 e. The molecule has 2 aromatic heterocycles. The molecule has 0 radical (unpaired) electrons. The number of fused-ring (bicyclic) bond motifs is 1. The number of hydrogen-bond acceptors (Lipinski definition) is 4. The summed E-state index contributed by atoms with van der Waals surface area (Å²) in [7, 11) is 0. The van der Waals surface area contributed by atoms with E-state index in [1.807, 2.05) is 0 Å². The van der Waals surface area contributed by atoms with Crippen LogP contribution in [0.15, 0.2) is 43.1 Å². The molecule has 6 nitrogen and oxygen atoms in total. The predicted molar refractivity (Wildman–Crippen MR) is 88.5 cm³/mol. The van der Waals surface area contributed by atoms with Crippen LogP contribution in [0, 0.1) is 0 Å². The maximum Gasteiger partial charge on any atom is 0.247 e. The van der Waals surface area contributed by atoms with E-state index in [2.05, 4.69) is 27.1 Å². The van der Waals surface area contributed by atoms with Crippen LogP contribution in [0.4, 0.5) is 5.69 Å². The molecule has 0 aliphatic carbocycles. The highest BCUT2D eigenvalue weighted by atomic mass is 35.5. The summed E-state index contributed by atoms with van der Waals surface area (Å²) in [5.74, 6) is -0.334. The lowest BCUT2D eigenvalue weighted by Crippen LogP contribution is -2.07. The minimum atomic E-state index is -0.334. The highest BCUT2D eigenvalue weighted by Crippen LogP contribution is 2.28. The fourth-order valence-corrected chi connectivity index (χ4v) is 2.42. The molecule has 0 saturated heterocycles. The van der Waals surface area contributed by atoms with Gasteiger partial charge >= 0.3 is 0 Å². The third-order valence-corrected chi connectivity index (χ3v) is 3.45. The molecule has 0 fully saturated rings. The number of amides is 1. The van der Waals surface area contributed by atoms with Gasteiger partial charge in [0.15, 0.2) is 6.29 Å². The number of carbonyl (C=O) groups is 2. The fraction of sp³-hybridized carbons (Fsp3) is 0. The summed E-state index contributed by atoms with van der Waals surface area (Å²) < 4.78 is 0. The Labute approximate surface area is 136 Å². The molecule has 3 rings (SSSR count). The molecule has 0 saturated carbocycles. The molecule has 0 spiro atoms. The van der Waals surface area contributed by atoms with Gasteiger partial charge < -0.3 is 5.32 Å². The van der Waals surface area contributed by atoms with Gasteiger partial charge in [-0.3, -0.25) is 19.7 Å². The van der Waals surface area contributed by atoms with Gasteiger partial charge in [-0.15, -0.1) is 0 Å². The molecule has 0 aliphatic heterocycles. The van der Waals surface area contributed by atoms with Crippen molar-refractivity contribution in [1.82, 2.24) is 15.2 Å². The van der Waals surface area contributed by atoms with Gasteiger partial charge in [0.1, 0.15) is 11.2 Å². The Bertz CT molecular complexity index is 933. The van der Waals surface area contributed by atoms with Crippen molar-refractivity contribution in [3.05, 3.63) is 53.8 Å². The molecular formula is C16H11ClN4O2. The SMILES string of the molecule is C=CC(=O)Nc1cc(Cl)cc(-c2cc3c(C=O)[nH]nc3cn2)c1. The van der Waals surface area contributed by atoms with Crippen molar-refractivity contribution in [2.75, 3.05) is 5.32 Å². The zero-order valence-electron chi connectivity index (χ0n) is 11.8. The molecule has 0 atom stereocenters. The summed E-state index contributed by atoms with van der Waals surface area (Å²) in [5, 5.41) is 10.4. The van der Waals surface area contributed by atoms with E-state index >= 15 is 0 Å². The van der Waals surface area contributed by atoms with Gasteiger partial charge in [-0.25, -0.2) is 0 Å². The van der Waals surface area contributed by atoms with Crippen LogP contribution in [0.25, 0.3) is 22.2 Å². The van der Waals surface area contributed by atoms with Crippen molar-refractivity contribution >= 4 is 40.4 Å². The van der Waals surface area contributed by atoms with E-state index in [1.54, 1.807) is 30.5 Å². The Kier molecular flexibility index (Phi) is 3.91. The highest BCUT2D eigenvalue weighted by molar-refractivity contribution is 6.31. The zero-order chi connectivity index (χ0) is 16.4. The molecule has 0 unspecified atom stereocenters. The van der Waals surface area contributed by atoms with Crippen LogP contribution in [0.3, 0.4) is 0 Å². The van der Waals surface area contributed by atoms with E-state index in [4.69, 9.17) is 11.6 Å². The number of pyridine rings is 1. The second kappa shape index (κ2) is 6.02. The number of rotatable bonds is 4. The molecule has 3 aromatic rings. The number of aromatic nitrogens is 3. The third-order valence-electron chi connectivity index (χ3n) is 3.23. The van der Waals surface area contributed by atoms with Crippen LogP contribution in [0.2, 0.25) is 5.02 Å². The molecule has 2 N–H and O–H groups in total. The van der Waals surface area contributed by atoms with Gasteiger partial charge in [-0.2, -0.15) is 5.10 Å². The summed E-state index contributed by atoms with van der Waals surface area (Å²) >= 11 is 6.10. The predicted octanol–water partition coefficient (Wildman–Crippen LogP) is 3.22. The Balaban J connectivity index is 2.08. The van der Waals surface area contributed by atoms with Gasteiger partial charge in [-0.1, -0.05) is 18.2 Å². The van der Waals surface area contributed by atoms with E-state index in [9.17, 15) is 9.59 Å². The van der Waals surface area contributed by atoms with Crippen LogP contribution >= 0.6 is 11.6 Å². The average molecular weight is 327 g/mol. The molecule has 23 heavy (non-hydrogen) atoms. The van der Waals surface area contributed by atoms with Gasteiger partial charge in [0.2, 0.25) is 5.91 Å². The van der Waals surface area contributed by atoms with E-state index in [0.717, 1.165) is 0 Å². The summed E-state index contributed by atoms with van der Waals surface area (Å²) in [6.07, 6.45) is 3.44. The second-order valence-electron chi connectivity index (χ2n) is 4.76. The quantitative estimate of drug-likeness (QED) is 0.569. The number of benzene rings is 1. The number of hydrogen-bond donors (Lipinski definition) is 2. The molecule has 1 aromatic carbocycles. The van der Waals surface area contributed by atoms with Gasteiger partial charge in [0.05, 0.1) is 11.9 Å². The third kappa shape index (κ3) is 2.97. The van der Waals surface area contributed by atoms with Crippen molar-refractivity contribution in [3.63, 3.8) is 0 Å². The molecule has 1 amide bonds. The summed E-state index contributed by atoms with van der Waals surface area (Å²) in [5.41, 5.74) is 2.82. The van der Waals surface area contributed by atoms with Crippen molar-refractivity contribution in [1.29, 1.82) is 0 Å². The molecule has 0 bridgehead atoms. The number of halogens is 1. The lowest BCUT2D eigenvalue weighted by Gasteiger charge is -2.07. The normalized spacial score (nSPS) is 10.5. The second-order valence-corrected chi connectivity index (χ2v) is 5.20. The first-order chi connectivity index (χ1) is 11.1. The molecule has 114 valence electrons. The van der Waals surface area contributed by atoms with Gasteiger partial charge in [0.25, 0.3) is 0 Å². The number of aldehydes is 1. The Hall–Kier alpha value is -2.99. The number of anilines is 1. The first kappa shape index (κ1) is 14.9. The fourth-order valence-electron chi connectivity index (χ4n) is 2.18. The van der Waals surface area contributed by atoms with Gasteiger partial charge in [-0.05, 0) is 30.3 Å². The highest BCUT2D eigenvalue weighted by Gasteiger charge is 2.10.